The van der Waals surface area contributed by atoms with Crippen LogP contribution in [0.2, 0.25) is 0 Å². The Labute approximate surface area is 132 Å². The minimum atomic E-state index is -0.163. The van der Waals surface area contributed by atoms with Crippen molar-refractivity contribution in [1.29, 1.82) is 0 Å². The maximum Gasteiger partial charge on any atom is 0.128 e. The molecule has 0 amide bonds. The summed E-state index contributed by atoms with van der Waals surface area (Å²) in [5, 5.41) is 2.95. The predicted molar refractivity (Wildman–Crippen MR) is 86.5 cm³/mol. The van der Waals surface area contributed by atoms with E-state index in [1.807, 2.05) is 32.0 Å². The molecule has 1 atom stereocenters. The van der Waals surface area contributed by atoms with Gasteiger partial charge in [0.05, 0.1) is 30.1 Å². The third kappa shape index (κ3) is 2.76. The lowest BCUT2D eigenvalue weighted by Gasteiger charge is -2.08. The third-order valence-electron chi connectivity index (χ3n) is 3.30. The number of thiazole rings is 1. The molecular weight excluding hydrogens is 306 g/mol. The first kappa shape index (κ1) is 14.4. The summed E-state index contributed by atoms with van der Waals surface area (Å²) in [7, 11) is 1.65. The number of imidazole rings is 1. The Hall–Kier alpha value is -1.59. The maximum absolute atomic E-state index is 6.29. The minimum Gasteiger partial charge on any atom is -0.497 e. The zero-order valence-corrected chi connectivity index (χ0v) is 13.7. The molecule has 0 aliphatic heterocycles. The Bertz CT molecular complexity index is 778. The highest BCUT2D eigenvalue weighted by Gasteiger charge is 2.16. The number of halogens is 1. The van der Waals surface area contributed by atoms with Crippen molar-refractivity contribution >= 4 is 34.0 Å². The van der Waals surface area contributed by atoms with E-state index in [2.05, 4.69) is 19.9 Å². The average Bonchev–Trinajstić information content (AvgIpc) is 3.03. The van der Waals surface area contributed by atoms with Crippen LogP contribution < -0.4 is 4.74 Å². The zero-order valence-electron chi connectivity index (χ0n) is 12.1. The lowest BCUT2D eigenvalue weighted by Crippen LogP contribution is -2.05. The second kappa shape index (κ2) is 5.66. The smallest absolute Gasteiger partial charge is 0.128 e. The van der Waals surface area contributed by atoms with E-state index in [4.69, 9.17) is 16.3 Å². The van der Waals surface area contributed by atoms with Crippen LogP contribution >= 0.6 is 22.9 Å². The van der Waals surface area contributed by atoms with Crippen LogP contribution in [0.1, 0.15) is 28.8 Å². The number of hydrogen-bond acceptors (Lipinski definition) is 4. The molecule has 110 valence electrons. The molecule has 4 nitrogen and oxygen atoms in total. The molecule has 0 bridgehead atoms. The van der Waals surface area contributed by atoms with Crippen LogP contribution in [0.25, 0.3) is 11.0 Å². The second-order valence-corrected chi connectivity index (χ2v) is 6.51. The van der Waals surface area contributed by atoms with Crippen LogP contribution in [-0.2, 0) is 6.54 Å². The summed E-state index contributed by atoms with van der Waals surface area (Å²) < 4.78 is 7.39. The standard InChI is InChI=1S/C15H16ClN3OS/c1-9-8-21-14(17-9)7-19-13-5-4-11(20-3)6-12(13)18-15(19)10(2)16/h4-6,8,10H,7H2,1-3H3. The van der Waals surface area contributed by atoms with Crippen LogP contribution in [0.3, 0.4) is 0 Å². The number of ether oxygens (including phenoxy) is 1. The van der Waals surface area contributed by atoms with Crippen molar-refractivity contribution in [3.05, 3.63) is 40.1 Å². The van der Waals surface area contributed by atoms with Gasteiger partial charge < -0.3 is 9.30 Å². The molecular formula is C15H16ClN3OS. The summed E-state index contributed by atoms with van der Waals surface area (Å²) >= 11 is 7.95. The lowest BCUT2D eigenvalue weighted by atomic mass is 10.3. The molecule has 3 aromatic rings. The van der Waals surface area contributed by atoms with Gasteiger partial charge in [0.15, 0.2) is 0 Å². The topological polar surface area (TPSA) is 39.9 Å². The van der Waals surface area contributed by atoms with E-state index in [0.717, 1.165) is 33.3 Å². The van der Waals surface area contributed by atoms with Crippen molar-refractivity contribution < 1.29 is 4.74 Å². The van der Waals surface area contributed by atoms with Gasteiger partial charge in [-0.3, -0.25) is 0 Å². The van der Waals surface area contributed by atoms with Gasteiger partial charge in [-0.2, -0.15) is 0 Å². The Balaban J connectivity index is 2.11. The van der Waals surface area contributed by atoms with E-state index in [0.29, 0.717) is 6.54 Å². The number of aryl methyl sites for hydroxylation is 1. The first-order valence-corrected chi connectivity index (χ1v) is 7.99. The molecule has 1 unspecified atom stereocenters. The number of hydrogen-bond donors (Lipinski definition) is 0. The molecule has 21 heavy (non-hydrogen) atoms. The Kier molecular flexibility index (Phi) is 3.87. The molecule has 1 aromatic carbocycles. The molecule has 2 heterocycles. The molecule has 0 N–H and O–H groups in total. The maximum atomic E-state index is 6.29. The van der Waals surface area contributed by atoms with Gasteiger partial charge in [0.1, 0.15) is 16.6 Å². The summed E-state index contributed by atoms with van der Waals surface area (Å²) in [5.41, 5.74) is 2.98. The first-order chi connectivity index (χ1) is 10.1. The Morgan fingerprint density at radius 1 is 1.38 bits per heavy atom. The minimum absolute atomic E-state index is 0.163. The summed E-state index contributed by atoms with van der Waals surface area (Å²) in [6, 6.07) is 5.89. The SMILES string of the molecule is COc1ccc2c(c1)nc(C(C)Cl)n2Cc1nc(C)cs1. The fourth-order valence-electron chi connectivity index (χ4n) is 2.34. The van der Waals surface area contributed by atoms with Gasteiger partial charge in [-0.15, -0.1) is 22.9 Å². The molecule has 3 rings (SSSR count). The quantitative estimate of drug-likeness (QED) is 0.677. The number of aromatic nitrogens is 3. The molecule has 0 spiro atoms. The predicted octanol–water partition coefficient (Wildman–Crippen LogP) is 4.16. The summed E-state index contributed by atoms with van der Waals surface area (Å²) in [6.45, 7) is 4.62. The Morgan fingerprint density at radius 3 is 2.81 bits per heavy atom. The van der Waals surface area contributed by atoms with Gasteiger partial charge in [0.25, 0.3) is 0 Å². The number of benzene rings is 1. The van der Waals surface area contributed by atoms with Gasteiger partial charge in [-0.05, 0) is 26.0 Å². The Morgan fingerprint density at radius 2 is 2.19 bits per heavy atom. The fraction of sp³-hybridized carbons (Fsp3) is 0.333. The van der Waals surface area contributed by atoms with Gasteiger partial charge in [-0.25, -0.2) is 9.97 Å². The van der Waals surface area contributed by atoms with Gasteiger partial charge in [-0.1, -0.05) is 0 Å². The highest BCUT2D eigenvalue weighted by Crippen LogP contribution is 2.28. The van der Waals surface area contributed by atoms with Crippen molar-refractivity contribution in [2.75, 3.05) is 7.11 Å². The first-order valence-electron chi connectivity index (χ1n) is 6.67. The normalized spacial score (nSPS) is 12.8. The van der Waals surface area contributed by atoms with Crippen LogP contribution in [0.15, 0.2) is 23.6 Å². The molecule has 0 aliphatic carbocycles. The van der Waals surface area contributed by atoms with Crippen LogP contribution in [0.4, 0.5) is 0 Å². The summed E-state index contributed by atoms with van der Waals surface area (Å²) in [5.74, 6) is 1.65. The number of alkyl halides is 1. The monoisotopic (exact) mass is 321 g/mol. The summed E-state index contributed by atoms with van der Waals surface area (Å²) in [6.07, 6.45) is 0. The van der Waals surface area contributed by atoms with E-state index in [-0.39, 0.29) is 5.38 Å². The number of rotatable bonds is 4. The van der Waals surface area contributed by atoms with Gasteiger partial charge >= 0.3 is 0 Å². The zero-order chi connectivity index (χ0) is 15.0. The molecule has 0 fully saturated rings. The third-order valence-corrected chi connectivity index (χ3v) is 4.45. The number of fused-ring (bicyclic) bond motifs is 1. The molecule has 6 heteroatoms. The molecule has 2 aromatic heterocycles. The van der Waals surface area contributed by atoms with E-state index in [1.54, 1.807) is 18.4 Å². The van der Waals surface area contributed by atoms with Crippen molar-refractivity contribution in [3.8, 4) is 5.75 Å². The van der Waals surface area contributed by atoms with Crippen molar-refractivity contribution in [2.45, 2.75) is 25.8 Å². The number of nitrogens with zero attached hydrogens (tertiary/aromatic N) is 3. The molecule has 0 radical (unpaired) electrons. The molecule has 0 saturated heterocycles. The van der Waals surface area contributed by atoms with E-state index >= 15 is 0 Å². The van der Waals surface area contributed by atoms with Crippen molar-refractivity contribution in [1.82, 2.24) is 14.5 Å². The van der Waals surface area contributed by atoms with E-state index in [9.17, 15) is 0 Å². The fourth-order valence-corrected chi connectivity index (χ4v) is 3.26. The van der Waals surface area contributed by atoms with Gasteiger partial charge in [0, 0.05) is 17.1 Å². The van der Waals surface area contributed by atoms with Crippen molar-refractivity contribution in [2.24, 2.45) is 0 Å². The largest absolute Gasteiger partial charge is 0.497 e. The van der Waals surface area contributed by atoms with Crippen LogP contribution in [0.5, 0.6) is 5.75 Å². The second-order valence-electron chi connectivity index (χ2n) is 4.91. The molecule has 0 aliphatic rings. The van der Waals surface area contributed by atoms with E-state index in [1.165, 1.54) is 0 Å². The molecule has 0 saturated carbocycles. The highest BCUT2D eigenvalue weighted by atomic mass is 35.5. The van der Waals surface area contributed by atoms with Gasteiger partial charge in [0.2, 0.25) is 0 Å². The van der Waals surface area contributed by atoms with Crippen LogP contribution in [-0.4, -0.2) is 21.6 Å². The number of methoxy groups -OCH3 is 1. The summed E-state index contributed by atoms with van der Waals surface area (Å²) in [4.78, 5) is 9.18. The average molecular weight is 322 g/mol. The van der Waals surface area contributed by atoms with E-state index < -0.39 is 0 Å². The lowest BCUT2D eigenvalue weighted by molar-refractivity contribution is 0.415. The highest BCUT2D eigenvalue weighted by molar-refractivity contribution is 7.09. The van der Waals surface area contributed by atoms with Crippen molar-refractivity contribution in [3.63, 3.8) is 0 Å². The van der Waals surface area contributed by atoms with Crippen LogP contribution in [0, 0.1) is 6.92 Å².